The minimum atomic E-state index is 0.404. The van der Waals surface area contributed by atoms with Crippen molar-refractivity contribution in [3.63, 3.8) is 0 Å². The second kappa shape index (κ2) is 14.6. The number of methoxy groups -OCH3 is 2. The minimum absolute atomic E-state index is 0.404. The predicted molar refractivity (Wildman–Crippen MR) is 174 cm³/mol. The molecule has 0 amide bonds. The molecule has 2 N–H and O–H groups in total. The number of aromatic nitrogens is 2. The number of benzene rings is 2. The number of hydrogen-bond donors (Lipinski definition) is 2. The highest BCUT2D eigenvalue weighted by atomic mass is 35.5. The lowest BCUT2D eigenvalue weighted by Crippen LogP contribution is -2.42. The number of anilines is 5. The fraction of sp³-hybridized carbons (Fsp3) is 0.500. The lowest BCUT2D eigenvalue weighted by molar-refractivity contribution is 0.0335. The number of nitrogens with zero attached hydrogens (tertiary/aromatic N) is 5. The van der Waals surface area contributed by atoms with Crippen molar-refractivity contribution in [3.8, 4) is 11.5 Å². The summed E-state index contributed by atoms with van der Waals surface area (Å²) in [6, 6.07) is 10.4. The van der Waals surface area contributed by atoms with Crippen LogP contribution in [0.25, 0.3) is 0 Å². The third kappa shape index (κ3) is 7.47. The molecule has 6 rings (SSSR count). The lowest BCUT2D eigenvalue weighted by atomic mass is 10.0. The summed E-state index contributed by atoms with van der Waals surface area (Å²) in [5, 5.41) is 7.12. The van der Waals surface area contributed by atoms with E-state index in [-0.39, 0.29) is 0 Å². The maximum Gasteiger partial charge on any atom is 0.229 e. The van der Waals surface area contributed by atoms with Crippen LogP contribution in [0.1, 0.15) is 11.1 Å². The van der Waals surface area contributed by atoms with Crippen molar-refractivity contribution >= 4 is 40.4 Å². The van der Waals surface area contributed by atoms with E-state index in [0.717, 1.165) is 114 Å². The Morgan fingerprint density at radius 2 is 1.41 bits per heavy atom. The third-order valence-corrected chi connectivity index (χ3v) is 8.83. The van der Waals surface area contributed by atoms with Crippen LogP contribution in [0.2, 0.25) is 5.02 Å². The standard InChI is InChI=1S/C32H42ClN7O4/c1-41-29-20-24-6-8-38(9-10-39-11-15-43-16-12-39)7-5-23(24)19-28(29)36-32-34-22-26(33)31(37-32)35-27-4-3-25(21-30(27)42-2)40-13-17-44-18-14-40/h3-4,19-22H,5-18H2,1-2H3,(H2,34,35,36,37). The number of hydrogen-bond acceptors (Lipinski definition) is 11. The Morgan fingerprint density at radius 1 is 0.773 bits per heavy atom. The van der Waals surface area contributed by atoms with Crippen LogP contribution < -0.4 is 25.0 Å². The van der Waals surface area contributed by atoms with Crippen molar-refractivity contribution in [3.05, 3.63) is 52.7 Å². The van der Waals surface area contributed by atoms with Crippen LogP contribution in [-0.4, -0.2) is 113 Å². The molecular weight excluding hydrogens is 582 g/mol. The van der Waals surface area contributed by atoms with Gasteiger partial charge in [0.1, 0.15) is 16.5 Å². The number of halogens is 1. The average molecular weight is 624 g/mol. The van der Waals surface area contributed by atoms with E-state index < -0.39 is 0 Å². The first kappa shape index (κ1) is 30.7. The van der Waals surface area contributed by atoms with E-state index in [0.29, 0.717) is 22.5 Å². The van der Waals surface area contributed by atoms with Crippen LogP contribution in [0.15, 0.2) is 36.5 Å². The van der Waals surface area contributed by atoms with Gasteiger partial charge in [-0.1, -0.05) is 11.6 Å². The van der Waals surface area contributed by atoms with Crippen LogP contribution in [0.5, 0.6) is 11.5 Å². The molecular formula is C32H42ClN7O4. The minimum Gasteiger partial charge on any atom is -0.495 e. The van der Waals surface area contributed by atoms with Gasteiger partial charge in [-0.05, 0) is 48.2 Å². The fourth-order valence-corrected chi connectivity index (χ4v) is 6.10. The number of rotatable bonds is 10. The van der Waals surface area contributed by atoms with Crippen LogP contribution in [-0.2, 0) is 22.3 Å². The Labute approximate surface area is 264 Å². The van der Waals surface area contributed by atoms with Crippen molar-refractivity contribution in [2.45, 2.75) is 12.8 Å². The van der Waals surface area contributed by atoms with E-state index >= 15 is 0 Å². The van der Waals surface area contributed by atoms with E-state index in [1.54, 1.807) is 20.4 Å². The van der Waals surface area contributed by atoms with Gasteiger partial charge in [0.15, 0.2) is 5.82 Å². The van der Waals surface area contributed by atoms with E-state index in [9.17, 15) is 0 Å². The van der Waals surface area contributed by atoms with Gasteiger partial charge in [0.25, 0.3) is 0 Å². The van der Waals surface area contributed by atoms with Crippen molar-refractivity contribution in [2.75, 3.05) is 109 Å². The molecule has 0 unspecified atom stereocenters. The first-order valence-electron chi connectivity index (χ1n) is 15.4. The molecule has 0 aliphatic carbocycles. The van der Waals surface area contributed by atoms with Gasteiger partial charge in [-0.25, -0.2) is 4.98 Å². The van der Waals surface area contributed by atoms with Gasteiger partial charge in [-0.2, -0.15) is 4.98 Å². The highest BCUT2D eigenvalue weighted by molar-refractivity contribution is 6.33. The molecule has 236 valence electrons. The second-order valence-corrected chi connectivity index (χ2v) is 11.6. The molecule has 0 atom stereocenters. The summed E-state index contributed by atoms with van der Waals surface area (Å²) in [6.07, 6.45) is 3.56. The van der Waals surface area contributed by atoms with Gasteiger partial charge >= 0.3 is 0 Å². The normalized spacial score (nSPS) is 17.9. The highest BCUT2D eigenvalue weighted by Gasteiger charge is 2.20. The molecule has 11 nitrogen and oxygen atoms in total. The summed E-state index contributed by atoms with van der Waals surface area (Å²) in [7, 11) is 3.35. The molecule has 0 bridgehead atoms. The number of fused-ring (bicyclic) bond motifs is 1. The Kier molecular flexibility index (Phi) is 10.2. The molecule has 0 radical (unpaired) electrons. The average Bonchev–Trinajstić information content (AvgIpc) is 3.27. The Morgan fingerprint density at radius 3 is 2.11 bits per heavy atom. The van der Waals surface area contributed by atoms with Gasteiger partial charge in [0, 0.05) is 64.1 Å². The van der Waals surface area contributed by atoms with E-state index in [1.807, 2.05) is 12.1 Å². The molecule has 2 aromatic carbocycles. The quantitative estimate of drug-likeness (QED) is 0.340. The molecule has 2 fully saturated rings. The number of morpholine rings is 2. The smallest absolute Gasteiger partial charge is 0.229 e. The van der Waals surface area contributed by atoms with Crippen LogP contribution in [0.3, 0.4) is 0 Å². The van der Waals surface area contributed by atoms with E-state index in [4.69, 9.17) is 35.5 Å². The first-order valence-corrected chi connectivity index (χ1v) is 15.8. The summed E-state index contributed by atoms with van der Waals surface area (Å²) in [6.45, 7) is 11.1. The van der Waals surface area contributed by atoms with Gasteiger partial charge in [0.05, 0.1) is 58.2 Å². The van der Waals surface area contributed by atoms with E-state index in [2.05, 4.69) is 48.5 Å². The number of nitrogens with one attached hydrogen (secondary N) is 2. The Bertz CT molecular complexity index is 1420. The SMILES string of the molecule is COc1cc2c(cc1Nc1ncc(Cl)c(Nc3ccc(N4CCOCC4)cc3OC)n1)CCN(CCN1CCOCC1)CC2. The maximum absolute atomic E-state index is 6.54. The van der Waals surface area contributed by atoms with Crippen LogP contribution >= 0.6 is 11.6 Å². The first-order chi connectivity index (χ1) is 21.6. The third-order valence-electron chi connectivity index (χ3n) is 8.56. The predicted octanol–water partition coefficient (Wildman–Crippen LogP) is 4.20. The summed E-state index contributed by atoms with van der Waals surface area (Å²) in [4.78, 5) is 16.5. The molecule has 3 aromatic rings. The van der Waals surface area contributed by atoms with Gasteiger partial charge in [0.2, 0.25) is 5.95 Å². The monoisotopic (exact) mass is 623 g/mol. The molecule has 44 heavy (non-hydrogen) atoms. The molecule has 1 aromatic heterocycles. The molecule has 3 aliphatic rings. The topological polar surface area (TPSA) is 96.5 Å². The van der Waals surface area contributed by atoms with Crippen molar-refractivity contribution in [1.29, 1.82) is 0 Å². The van der Waals surface area contributed by atoms with Gasteiger partial charge < -0.3 is 39.4 Å². The van der Waals surface area contributed by atoms with Crippen molar-refractivity contribution in [2.24, 2.45) is 0 Å². The Hall–Kier alpha value is -3.35. The summed E-state index contributed by atoms with van der Waals surface area (Å²) in [5.74, 6) is 2.36. The largest absolute Gasteiger partial charge is 0.495 e. The van der Waals surface area contributed by atoms with Gasteiger partial charge in [-0.15, -0.1) is 0 Å². The lowest BCUT2D eigenvalue weighted by Gasteiger charge is -2.29. The summed E-state index contributed by atoms with van der Waals surface area (Å²) >= 11 is 6.54. The summed E-state index contributed by atoms with van der Waals surface area (Å²) < 4.78 is 22.5. The fourth-order valence-electron chi connectivity index (χ4n) is 5.96. The summed E-state index contributed by atoms with van der Waals surface area (Å²) in [5.41, 5.74) is 5.32. The molecule has 2 saturated heterocycles. The second-order valence-electron chi connectivity index (χ2n) is 11.2. The number of ether oxygens (including phenoxy) is 4. The molecule has 3 aliphatic heterocycles. The Balaban J connectivity index is 1.14. The molecule has 0 saturated carbocycles. The van der Waals surface area contributed by atoms with E-state index in [1.165, 1.54) is 11.1 Å². The molecule has 0 spiro atoms. The maximum atomic E-state index is 6.54. The molecule has 4 heterocycles. The highest BCUT2D eigenvalue weighted by Crippen LogP contribution is 2.36. The van der Waals surface area contributed by atoms with Crippen molar-refractivity contribution in [1.82, 2.24) is 19.8 Å². The zero-order valence-electron chi connectivity index (χ0n) is 25.6. The van der Waals surface area contributed by atoms with Crippen molar-refractivity contribution < 1.29 is 18.9 Å². The van der Waals surface area contributed by atoms with Crippen LogP contribution in [0, 0.1) is 0 Å². The molecule has 12 heteroatoms. The zero-order chi connectivity index (χ0) is 30.3. The zero-order valence-corrected chi connectivity index (χ0v) is 26.4. The van der Waals surface area contributed by atoms with Crippen LogP contribution in [0.4, 0.5) is 28.8 Å². The van der Waals surface area contributed by atoms with Gasteiger partial charge in [-0.3, -0.25) is 4.90 Å².